The van der Waals surface area contributed by atoms with E-state index in [1.165, 1.54) is 7.11 Å². The highest BCUT2D eigenvalue weighted by Crippen LogP contribution is 2.42. The van der Waals surface area contributed by atoms with Gasteiger partial charge in [-0.15, -0.1) is 0 Å². The molecule has 0 aliphatic heterocycles. The molecule has 102 valence electrons. The first kappa shape index (κ1) is 17.7. The number of nitrogens with zero attached hydrogens (tertiary/aromatic N) is 3. The van der Waals surface area contributed by atoms with Gasteiger partial charge in [0.1, 0.15) is 6.47 Å². The molecule has 18 heavy (non-hydrogen) atoms. The topological polar surface area (TPSA) is 47.9 Å². The summed E-state index contributed by atoms with van der Waals surface area (Å²) in [6.07, 6.45) is 0. The van der Waals surface area contributed by atoms with Crippen LogP contribution >= 0.6 is 95.6 Å². The zero-order valence-electron chi connectivity index (χ0n) is 8.93. The molecule has 0 aliphatic rings. The van der Waals surface area contributed by atoms with Crippen molar-refractivity contribution >= 4 is 95.6 Å². The first-order valence-corrected chi connectivity index (χ1v) is 9.87. The van der Waals surface area contributed by atoms with Gasteiger partial charge < -0.3 is 4.74 Å². The van der Waals surface area contributed by atoms with Crippen LogP contribution in [0.4, 0.5) is 0 Å². The Morgan fingerprint density at radius 2 is 1.28 bits per heavy atom. The van der Waals surface area contributed by atoms with Crippen molar-refractivity contribution in [1.82, 2.24) is 15.0 Å². The summed E-state index contributed by atoms with van der Waals surface area (Å²) in [5.41, 5.74) is 0. The Morgan fingerprint density at radius 1 is 0.889 bits per heavy atom. The maximum Gasteiger partial charge on any atom is 0.319 e. The van der Waals surface area contributed by atoms with Crippen LogP contribution in [-0.4, -0.2) is 32.7 Å². The summed E-state index contributed by atoms with van der Waals surface area (Å²) in [5, 5.41) is 1.16. The molecule has 1 aromatic heterocycles. The van der Waals surface area contributed by atoms with E-state index in [2.05, 4.69) is 111 Å². The Morgan fingerprint density at radius 3 is 1.56 bits per heavy atom. The van der Waals surface area contributed by atoms with Gasteiger partial charge in [-0.3, -0.25) is 0 Å². The zero-order chi connectivity index (χ0) is 14.0. The van der Waals surface area contributed by atoms with Crippen LogP contribution in [0.1, 0.15) is 11.6 Å². The van der Waals surface area contributed by atoms with E-state index in [1.54, 1.807) is 0 Å². The highest BCUT2D eigenvalue weighted by atomic mass is 79.9. The summed E-state index contributed by atoms with van der Waals surface area (Å²) in [5.74, 6) is 1.04. The second-order valence-corrected chi connectivity index (χ2v) is 11.8. The Balaban J connectivity index is 3.35. The average molecular weight is 641 g/mol. The largest absolute Gasteiger partial charge is 0.467 e. The van der Waals surface area contributed by atoms with E-state index >= 15 is 0 Å². The SMILES string of the molecule is COc1nc(C(Br)(Br)CBr)nc(C(Br)(Br)CBr)n1. The summed E-state index contributed by atoms with van der Waals surface area (Å²) in [6.45, 7) is 0. The molecule has 0 fully saturated rings. The van der Waals surface area contributed by atoms with E-state index in [-0.39, 0.29) is 6.01 Å². The smallest absolute Gasteiger partial charge is 0.319 e. The van der Waals surface area contributed by atoms with Crippen molar-refractivity contribution in [3.05, 3.63) is 11.6 Å². The minimum Gasteiger partial charge on any atom is -0.467 e. The molecule has 0 unspecified atom stereocenters. The summed E-state index contributed by atoms with van der Waals surface area (Å²) in [4.78, 5) is 12.9. The molecule has 4 nitrogen and oxygen atoms in total. The van der Waals surface area contributed by atoms with E-state index in [0.717, 1.165) is 0 Å². The maximum atomic E-state index is 5.10. The van der Waals surface area contributed by atoms with Gasteiger partial charge in [-0.1, -0.05) is 95.6 Å². The fourth-order valence-corrected chi connectivity index (χ4v) is 2.11. The van der Waals surface area contributed by atoms with Gasteiger partial charge in [-0.25, -0.2) is 4.98 Å². The second kappa shape index (κ2) is 7.11. The van der Waals surface area contributed by atoms with Crippen LogP contribution in [0, 0.1) is 0 Å². The summed E-state index contributed by atoms with van der Waals surface area (Å²) in [7, 11) is 1.51. The highest BCUT2D eigenvalue weighted by molar-refractivity contribution is 9.26. The van der Waals surface area contributed by atoms with Crippen LogP contribution in [0.5, 0.6) is 6.01 Å². The van der Waals surface area contributed by atoms with Crippen molar-refractivity contribution in [2.45, 2.75) is 6.47 Å². The Kier molecular flexibility index (Phi) is 7.00. The number of alkyl halides is 6. The molecule has 0 N–H and O–H groups in total. The van der Waals surface area contributed by atoms with Crippen LogP contribution in [0.15, 0.2) is 0 Å². The number of rotatable bonds is 5. The molecule has 1 aromatic rings. The highest BCUT2D eigenvalue weighted by Gasteiger charge is 2.34. The normalized spacial score (nSPS) is 12.6. The van der Waals surface area contributed by atoms with Gasteiger partial charge >= 0.3 is 6.01 Å². The fourth-order valence-electron chi connectivity index (χ4n) is 0.894. The molecule has 1 rings (SSSR count). The minimum atomic E-state index is -0.576. The monoisotopic (exact) mass is 635 g/mol. The molecule has 10 heteroatoms. The number of aromatic nitrogens is 3. The van der Waals surface area contributed by atoms with Gasteiger partial charge in [0.2, 0.25) is 0 Å². The molecule has 0 saturated heterocycles. The summed E-state index contributed by atoms with van der Waals surface area (Å²) >= 11 is 20.7. The molecular weight excluding hydrogens is 634 g/mol. The van der Waals surface area contributed by atoms with Crippen LogP contribution in [0.3, 0.4) is 0 Å². The number of methoxy groups -OCH3 is 1. The lowest BCUT2D eigenvalue weighted by atomic mass is 10.4. The lowest BCUT2D eigenvalue weighted by Gasteiger charge is -2.20. The molecule has 0 spiro atoms. The number of ether oxygens (including phenoxy) is 1. The second-order valence-electron chi connectivity index (χ2n) is 3.15. The van der Waals surface area contributed by atoms with Crippen molar-refractivity contribution in [3.8, 4) is 6.01 Å². The standard InChI is InChI=1S/C8H7Br6N3O/c1-18-6-16-4(7(11,12)2-9)15-5(17-6)8(13,14)3-10/h2-3H2,1H3. The first-order valence-electron chi connectivity index (χ1n) is 4.45. The molecule has 1 heterocycles. The van der Waals surface area contributed by atoms with Gasteiger partial charge in [0.05, 0.1) is 7.11 Å². The molecule has 0 aliphatic carbocycles. The van der Waals surface area contributed by atoms with E-state index < -0.39 is 6.47 Å². The van der Waals surface area contributed by atoms with Crippen molar-refractivity contribution in [2.24, 2.45) is 0 Å². The molecule has 0 amide bonds. The van der Waals surface area contributed by atoms with Crippen molar-refractivity contribution in [2.75, 3.05) is 17.8 Å². The van der Waals surface area contributed by atoms with E-state index in [0.29, 0.717) is 22.3 Å². The average Bonchev–Trinajstić information content (AvgIpc) is 2.38. The summed E-state index contributed by atoms with van der Waals surface area (Å²) in [6, 6.07) is 0.253. The van der Waals surface area contributed by atoms with Gasteiger partial charge in [-0.2, -0.15) is 9.97 Å². The maximum absolute atomic E-state index is 5.10. The van der Waals surface area contributed by atoms with Crippen LogP contribution in [-0.2, 0) is 6.47 Å². The predicted molar refractivity (Wildman–Crippen MR) is 93.0 cm³/mol. The first-order chi connectivity index (χ1) is 8.26. The third kappa shape index (κ3) is 4.34. The van der Waals surface area contributed by atoms with Crippen LogP contribution < -0.4 is 4.74 Å². The Bertz CT molecular complexity index is 393. The van der Waals surface area contributed by atoms with E-state index in [9.17, 15) is 0 Å². The molecule has 0 atom stereocenters. The third-order valence-corrected chi connectivity index (χ3v) is 9.02. The number of hydrogen-bond donors (Lipinski definition) is 0. The minimum absolute atomic E-state index is 0.253. The number of hydrogen-bond acceptors (Lipinski definition) is 4. The van der Waals surface area contributed by atoms with Gasteiger partial charge in [0, 0.05) is 10.7 Å². The third-order valence-electron chi connectivity index (χ3n) is 1.79. The quantitative estimate of drug-likeness (QED) is 0.444. The predicted octanol–water partition coefficient (Wildman–Crippen LogP) is 4.56. The van der Waals surface area contributed by atoms with E-state index in [4.69, 9.17) is 4.74 Å². The van der Waals surface area contributed by atoms with Gasteiger partial charge in [0.25, 0.3) is 0 Å². The summed E-state index contributed by atoms with van der Waals surface area (Å²) < 4.78 is 3.95. The van der Waals surface area contributed by atoms with Crippen LogP contribution in [0.2, 0.25) is 0 Å². The Labute approximate surface area is 155 Å². The van der Waals surface area contributed by atoms with Gasteiger partial charge in [0.15, 0.2) is 11.6 Å². The lowest BCUT2D eigenvalue weighted by Crippen LogP contribution is -2.23. The van der Waals surface area contributed by atoms with Crippen molar-refractivity contribution in [1.29, 1.82) is 0 Å². The van der Waals surface area contributed by atoms with Crippen molar-refractivity contribution < 1.29 is 4.74 Å². The zero-order valence-corrected chi connectivity index (χ0v) is 18.4. The van der Waals surface area contributed by atoms with Gasteiger partial charge in [-0.05, 0) is 0 Å². The van der Waals surface area contributed by atoms with E-state index in [1.807, 2.05) is 0 Å². The van der Waals surface area contributed by atoms with Crippen LogP contribution in [0.25, 0.3) is 0 Å². The Hall–Kier alpha value is 1.69. The molecule has 0 bridgehead atoms. The lowest BCUT2D eigenvalue weighted by molar-refractivity contribution is 0.372. The number of halogens is 6. The fraction of sp³-hybridized carbons (Fsp3) is 0.625. The molecule has 0 aromatic carbocycles. The van der Waals surface area contributed by atoms with Crippen molar-refractivity contribution in [3.63, 3.8) is 0 Å². The molecular formula is C8H7Br6N3O. The molecule has 0 saturated carbocycles. The molecule has 0 radical (unpaired) electrons.